The maximum Gasteiger partial charge on any atom is 0.228 e. The van der Waals surface area contributed by atoms with E-state index < -0.39 is 17.1 Å². The molecule has 6 rings (SSSR count). The highest BCUT2D eigenvalue weighted by Crippen LogP contribution is 2.59. The molecule has 196 valence electrons. The molecular weight excluding hydrogens is 486 g/mol. The van der Waals surface area contributed by atoms with Crippen LogP contribution >= 0.6 is 11.8 Å². The third-order valence-corrected chi connectivity index (χ3v) is 9.59. The van der Waals surface area contributed by atoms with E-state index in [9.17, 15) is 15.0 Å². The molecule has 3 N–H and O–H groups in total. The zero-order chi connectivity index (χ0) is 26.0. The van der Waals surface area contributed by atoms with Gasteiger partial charge in [0.15, 0.2) is 10.9 Å². The number of aromatic amines is 1. The third kappa shape index (κ3) is 5.19. The van der Waals surface area contributed by atoms with Gasteiger partial charge in [-0.2, -0.15) is 5.10 Å². The molecule has 3 aliphatic carbocycles. The van der Waals surface area contributed by atoms with Gasteiger partial charge in [0.1, 0.15) is 6.33 Å². The van der Waals surface area contributed by atoms with Crippen LogP contribution in [-0.4, -0.2) is 48.6 Å². The minimum absolute atomic E-state index is 0.0163. The summed E-state index contributed by atoms with van der Waals surface area (Å²) in [6.07, 6.45) is 9.76. The predicted molar refractivity (Wildman–Crippen MR) is 143 cm³/mol. The lowest BCUT2D eigenvalue weighted by Gasteiger charge is -2.44. The molecule has 2 aromatic heterocycles. The second kappa shape index (κ2) is 10.6. The van der Waals surface area contributed by atoms with Crippen LogP contribution in [-0.2, 0) is 6.42 Å². The molecule has 0 radical (unpaired) electrons. The number of hydrogen-bond donors (Lipinski definition) is 3. The number of benzene rings is 1. The maximum absolute atomic E-state index is 13.7. The summed E-state index contributed by atoms with van der Waals surface area (Å²) in [5.74, 6) is 0.615. The Bertz CT molecular complexity index is 1260. The number of fused-ring (bicyclic) bond motifs is 8. The lowest BCUT2D eigenvalue weighted by Crippen LogP contribution is -2.46. The van der Waals surface area contributed by atoms with Gasteiger partial charge >= 0.3 is 0 Å². The van der Waals surface area contributed by atoms with Crippen molar-refractivity contribution in [3.05, 3.63) is 77.0 Å². The maximum atomic E-state index is 13.7. The topological polar surface area (TPSA) is 112 Å². The lowest BCUT2D eigenvalue weighted by atomic mass is 9.65. The molecule has 0 spiro atoms. The third-order valence-electron chi connectivity index (χ3n) is 8.50. The zero-order valence-electron chi connectivity index (χ0n) is 21.4. The number of carbonyl (C=O) groups is 1. The Morgan fingerprint density at radius 3 is 2.89 bits per heavy atom. The first-order valence-corrected chi connectivity index (χ1v) is 14.0. The van der Waals surface area contributed by atoms with Crippen molar-refractivity contribution in [1.29, 1.82) is 0 Å². The molecule has 0 amide bonds. The molecule has 1 saturated carbocycles. The van der Waals surface area contributed by atoms with Gasteiger partial charge < -0.3 is 14.6 Å². The fourth-order valence-electron chi connectivity index (χ4n) is 6.17. The van der Waals surface area contributed by atoms with Crippen LogP contribution in [0.15, 0.2) is 64.1 Å². The molecule has 0 saturated heterocycles. The highest BCUT2D eigenvalue weighted by molar-refractivity contribution is 7.99. The van der Waals surface area contributed by atoms with E-state index in [4.69, 9.17) is 4.42 Å². The van der Waals surface area contributed by atoms with Crippen molar-refractivity contribution in [1.82, 2.24) is 15.2 Å². The highest BCUT2D eigenvalue weighted by atomic mass is 32.2. The van der Waals surface area contributed by atoms with Gasteiger partial charge in [-0.05, 0) is 87.1 Å². The monoisotopic (exact) mass is 521 g/mol. The number of rotatable bonds is 5. The van der Waals surface area contributed by atoms with E-state index in [1.54, 1.807) is 12.1 Å². The number of nitrogens with zero attached hydrogens (tertiary/aromatic N) is 2. The number of H-pyrrole nitrogens is 1. The molecule has 2 bridgehead atoms. The molecule has 2 heterocycles. The van der Waals surface area contributed by atoms with Crippen LogP contribution in [0, 0.1) is 5.41 Å². The van der Waals surface area contributed by atoms with E-state index in [0.29, 0.717) is 41.5 Å². The second-order valence-corrected chi connectivity index (χ2v) is 11.8. The quantitative estimate of drug-likeness (QED) is 0.232. The molecule has 3 aliphatic rings. The van der Waals surface area contributed by atoms with Crippen LogP contribution < -0.4 is 0 Å². The number of nitrogens with one attached hydrogen (secondary N) is 1. The second-order valence-electron chi connectivity index (χ2n) is 10.8. The van der Waals surface area contributed by atoms with Gasteiger partial charge in [0, 0.05) is 16.7 Å². The average Bonchev–Trinajstić information content (AvgIpc) is 3.64. The Balaban J connectivity index is 1.58. The van der Waals surface area contributed by atoms with Gasteiger partial charge in [0.25, 0.3) is 0 Å². The molecule has 1 aromatic carbocycles. The summed E-state index contributed by atoms with van der Waals surface area (Å²) in [5, 5.41) is 30.4. The van der Waals surface area contributed by atoms with Crippen LogP contribution in [0.3, 0.4) is 0 Å². The van der Waals surface area contributed by atoms with Gasteiger partial charge in [-0.15, -0.1) is 0 Å². The smallest absolute Gasteiger partial charge is 0.228 e. The summed E-state index contributed by atoms with van der Waals surface area (Å²) >= 11 is 1.49. The van der Waals surface area contributed by atoms with Crippen LogP contribution in [0.4, 0.5) is 0 Å². The van der Waals surface area contributed by atoms with Crippen LogP contribution in [0.1, 0.15) is 85.5 Å². The normalized spacial score (nSPS) is 28.5. The standard InChI is InChI=1S/C29H35N3O4S/c1-19-5-3-12-28(2)24(11-13-29(28,35)17-37-27-30-18-31-32-27)22-10-8-20(15-21(33)9-7-19)16-23(22)26(34)25-6-4-14-36-25/h4-6,8,10,14,16,18,21,24,33,35H,3,7,9,11-13,15,17H2,1-2H3,(H,30,31,32)/t21-,24-,28-,29+/m0/s1. The first kappa shape index (κ1) is 25.9. The number of hydrogen-bond acceptors (Lipinski definition) is 7. The minimum Gasteiger partial charge on any atom is -0.461 e. The van der Waals surface area contributed by atoms with Crippen LogP contribution in [0.2, 0.25) is 0 Å². The molecule has 0 aliphatic heterocycles. The summed E-state index contributed by atoms with van der Waals surface area (Å²) in [5.41, 5.74) is 2.32. The van der Waals surface area contributed by atoms with E-state index in [2.05, 4.69) is 35.1 Å². The molecular formula is C29H35N3O4S. The van der Waals surface area contributed by atoms with Gasteiger partial charge in [-0.25, -0.2) is 4.98 Å². The van der Waals surface area contributed by atoms with Gasteiger partial charge in [-0.3, -0.25) is 9.89 Å². The van der Waals surface area contributed by atoms with E-state index >= 15 is 0 Å². The Kier molecular flexibility index (Phi) is 7.43. The molecule has 37 heavy (non-hydrogen) atoms. The lowest BCUT2D eigenvalue weighted by molar-refractivity contribution is -0.0422. The fourth-order valence-corrected chi connectivity index (χ4v) is 7.25. The van der Waals surface area contributed by atoms with Crippen molar-refractivity contribution in [2.75, 3.05) is 5.75 Å². The molecule has 0 unspecified atom stereocenters. The first-order valence-electron chi connectivity index (χ1n) is 13.0. The first-order chi connectivity index (χ1) is 17.8. The van der Waals surface area contributed by atoms with Crippen LogP contribution in [0.5, 0.6) is 0 Å². The van der Waals surface area contributed by atoms with Gasteiger partial charge in [0.2, 0.25) is 5.78 Å². The SMILES string of the molecule is CC1=CCC[C@@]2(C)[C@@H](CC[C@@]2(O)CSc2ncn[nH]2)c2ccc(cc2C(=O)c2ccco2)C[C@@H](O)CC1. The molecule has 8 heteroatoms. The number of aromatic nitrogens is 3. The summed E-state index contributed by atoms with van der Waals surface area (Å²) < 4.78 is 5.49. The van der Waals surface area contributed by atoms with Crippen molar-refractivity contribution in [3.63, 3.8) is 0 Å². The van der Waals surface area contributed by atoms with Crippen molar-refractivity contribution in [3.8, 4) is 0 Å². The van der Waals surface area contributed by atoms with E-state index in [1.807, 2.05) is 18.2 Å². The fraction of sp³-hybridized carbons (Fsp3) is 0.483. The number of allylic oxidation sites excluding steroid dienone is 2. The van der Waals surface area contributed by atoms with Crippen molar-refractivity contribution in [2.24, 2.45) is 5.41 Å². The number of carbonyl (C=O) groups excluding carboxylic acids is 1. The Hall–Kier alpha value is -2.68. The largest absolute Gasteiger partial charge is 0.461 e. The van der Waals surface area contributed by atoms with E-state index in [0.717, 1.165) is 36.8 Å². The van der Waals surface area contributed by atoms with E-state index in [-0.39, 0.29) is 11.7 Å². The zero-order valence-corrected chi connectivity index (χ0v) is 22.3. The number of ketones is 1. The summed E-state index contributed by atoms with van der Waals surface area (Å²) in [4.78, 5) is 17.9. The Labute approximate surface area is 221 Å². The summed E-state index contributed by atoms with van der Waals surface area (Å²) in [6, 6.07) is 9.42. The molecule has 3 aromatic rings. The van der Waals surface area contributed by atoms with Crippen molar-refractivity contribution >= 4 is 17.5 Å². The predicted octanol–water partition coefficient (Wildman–Crippen LogP) is 5.46. The Morgan fingerprint density at radius 1 is 1.27 bits per heavy atom. The molecule has 7 nitrogen and oxygen atoms in total. The number of thioether (sulfide) groups is 1. The molecule has 4 atom stereocenters. The average molecular weight is 522 g/mol. The van der Waals surface area contributed by atoms with E-state index in [1.165, 1.54) is 29.9 Å². The molecule has 1 fully saturated rings. The Morgan fingerprint density at radius 2 is 2.14 bits per heavy atom. The van der Waals surface area contributed by atoms with Crippen LogP contribution in [0.25, 0.3) is 0 Å². The number of aliphatic hydroxyl groups is 2. The van der Waals surface area contributed by atoms with Crippen molar-refractivity contribution in [2.45, 2.75) is 81.6 Å². The summed E-state index contributed by atoms with van der Waals surface area (Å²) in [6.45, 7) is 4.30. The number of furan rings is 1. The highest BCUT2D eigenvalue weighted by Gasteiger charge is 2.56. The minimum atomic E-state index is -0.951. The van der Waals surface area contributed by atoms with Gasteiger partial charge in [0.05, 0.1) is 18.0 Å². The number of aliphatic hydroxyl groups excluding tert-OH is 1. The van der Waals surface area contributed by atoms with Gasteiger partial charge in [-0.1, -0.05) is 42.5 Å². The van der Waals surface area contributed by atoms with Crippen molar-refractivity contribution < 1.29 is 19.4 Å². The summed E-state index contributed by atoms with van der Waals surface area (Å²) in [7, 11) is 0.